The van der Waals surface area contributed by atoms with Crippen LogP contribution >= 0.6 is 0 Å². The van der Waals surface area contributed by atoms with E-state index >= 15 is 0 Å². The predicted molar refractivity (Wildman–Crippen MR) is 75.2 cm³/mol. The molecule has 108 valence electrons. The fourth-order valence-electron chi connectivity index (χ4n) is 2.34. The molecule has 5 heteroatoms. The molecule has 0 spiro atoms. The SMILES string of the molecule is CCOC(=O)C(CCn1nc(C)c(CC)c1C)NC. The van der Waals surface area contributed by atoms with Gasteiger partial charge < -0.3 is 10.1 Å². The molecule has 19 heavy (non-hydrogen) atoms. The summed E-state index contributed by atoms with van der Waals surface area (Å²) in [5.41, 5.74) is 3.58. The first-order valence-corrected chi connectivity index (χ1v) is 6.91. The van der Waals surface area contributed by atoms with Gasteiger partial charge in [0.1, 0.15) is 6.04 Å². The van der Waals surface area contributed by atoms with Crippen LogP contribution < -0.4 is 5.32 Å². The third-order valence-corrected chi connectivity index (χ3v) is 3.43. The number of nitrogens with zero attached hydrogens (tertiary/aromatic N) is 2. The molecule has 0 aliphatic rings. The largest absolute Gasteiger partial charge is 0.465 e. The Labute approximate surface area is 115 Å². The van der Waals surface area contributed by atoms with E-state index in [0.29, 0.717) is 13.0 Å². The molecule has 0 bridgehead atoms. The molecule has 1 rings (SSSR count). The van der Waals surface area contributed by atoms with Crippen molar-refractivity contribution in [1.82, 2.24) is 15.1 Å². The summed E-state index contributed by atoms with van der Waals surface area (Å²) in [6.45, 7) is 9.20. The number of likely N-dealkylation sites (N-methyl/N-ethyl adjacent to an activating group) is 1. The third-order valence-electron chi connectivity index (χ3n) is 3.43. The van der Waals surface area contributed by atoms with Crippen LogP contribution in [0.4, 0.5) is 0 Å². The highest BCUT2D eigenvalue weighted by Crippen LogP contribution is 2.14. The Morgan fingerprint density at radius 2 is 2.11 bits per heavy atom. The van der Waals surface area contributed by atoms with Gasteiger partial charge >= 0.3 is 5.97 Å². The molecule has 0 amide bonds. The van der Waals surface area contributed by atoms with E-state index in [9.17, 15) is 4.79 Å². The van der Waals surface area contributed by atoms with Gasteiger partial charge in [-0.05, 0) is 46.2 Å². The van der Waals surface area contributed by atoms with Crippen LogP contribution in [0.3, 0.4) is 0 Å². The number of esters is 1. The summed E-state index contributed by atoms with van der Waals surface area (Å²) >= 11 is 0. The molecule has 0 aliphatic carbocycles. The van der Waals surface area contributed by atoms with Crippen molar-refractivity contribution in [2.75, 3.05) is 13.7 Å². The van der Waals surface area contributed by atoms with Gasteiger partial charge in [0.05, 0.1) is 12.3 Å². The van der Waals surface area contributed by atoms with E-state index in [1.165, 1.54) is 11.3 Å². The lowest BCUT2D eigenvalue weighted by molar-refractivity contribution is -0.145. The van der Waals surface area contributed by atoms with Crippen LogP contribution in [0.2, 0.25) is 0 Å². The first-order chi connectivity index (χ1) is 9.04. The number of aromatic nitrogens is 2. The summed E-state index contributed by atoms with van der Waals surface area (Å²) in [5, 5.41) is 7.53. The van der Waals surface area contributed by atoms with Crippen molar-refractivity contribution in [3.05, 3.63) is 17.0 Å². The van der Waals surface area contributed by atoms with Crippen LogP contribution in [0, 0.1) is 13.8 Å². The van der Waals surface area contributed by atoms with Gasteiger partial charge in [0.25, 0.3) is 0 Å². The maximum atomic E-state index is 11.7. The first kappa shape index (κ1) is 15.7. The molecule has 1 aromatic rings. The normalized spacial score (nSPS) is 12.5. The van der Waals surface area contributed by atoms with Crippen molar-refractivity contribution < 1.29 is 9.53 Å². The van der Waals surface area contributed by atoms with E-state index < -0.39 is 0 Å². The number of nitrogens with one attached hydrogen (secondary N) is 1. The predicted octanol–water partition coefficient (Wildman–Crippen LogP) is 1.60. The number of ether oxygens (including phenoxy) is 1. The Balaban J connectivity index is 2.67. The third kappa shape index (κ3) is 3.80. The van der Waals surface area contributed by atoms with Crippen molar-refractivity contribution in [3.8, 4) is 0 Å². The average molecular weight is 267 g/mol. The highest BCUT2D eigenvalue weighted by molar-refractivity contribution is 5.75. The Morgan fingerprint density at radius 1 is 1.42 bits per heavy atom. The molecular weight excluding hydrogens is 242 g/mol. The summed E-state index contributed by atoms with van der Waals surface area (Å²) in [4.78, 5) is 11.7. The molecule has 1 unspecified atom stereocenters. The molecule has 0 fully saturated rings. The average Bonchev–Trinajstić information content (AvgIpc) is 2.65. The summed E-state index contributed by atoms with van der Waals surface area (Å²) in [6, 6.07) is -0.270. The molecule has 0 aliphatic heterocycles. The van der Waals surface area contributed by atoms with Crippen LogP contribution in [0.25, 0.3) is 0 Å². The Bertz CT molecular complexity index is 427. The van der Waals surface area contributed by atoms with Crippen molar-refractivity contribution >= 4 is 5.97 Å². The monoisotopic (exact) mass is 267 g/mol. The molecule has 0 saturated heterocycles. The second-order valence-electron chi connectivity index (χ2n) is 4.61. The van der Waals surface area contributed by atoms with Gasteiger partial charge in [0.15, 0.2) is 0 Å². The number of aryl methyl sites for hydroxylation is 2. The lowest BCUT2D eigenvalue weighted by atomic mass is 10.1. The highest BCUT2D eigenvalue weighted by atomic mass is 16.5. The number of carbonyl (C=O) groups is 1. The summed E-state index contributed by atoms with van der Waals surface area (Å²) < 4.78 is 7.02. The molecule has 5 nitrogen and oxygen atoms in total. The number of hydrogen-bond acceptors (Lipinski definition) is 4. The molecule has 0 saturated carbocycles. The maximum absolute atomic E-state index is 11.7. The Morgan fingerprint density at radius 3 is 2.58 bits per heavy atom. The van der Waals surface area contributed by atoms with E-state index in [1.807, 2.05) is 18.5 Å². The minimum Gasteiger partial charge on any atom is -0.465 e. The second-order valence-corrected chi connectivity index (χ2v) is 4.61. The van der Waals surface area contributed by atoms with Crippen molar-refractivity contribution in [1.29, 1.82) is 0 Å². The molecule has 0 radical (unpaired) electrons. The first-order valence-electron chi connectivity index (χ1n) is 6.91. The molecular formula is C14H25N3O2. The minimum atomic E-state index is -0.270. The molecule has 0 aromatic carbocycles. The van der Waals surface area contributed by atoms with Gasteiger partial charge in [0.2, 0.25) is 0 Å². The Kier molecular flexibility index (Phi) is 6.02. The fourth-order valence-corrected chi connectivity index (χ4v) is 2.34. The van der Waals surface area contributed by atoms with E-state index in [0.717, 1.165) is 18.7 Å². The summed E-state index contributed by atoms with van der Waals surface area (Å²) in [7, 11) is 1.78. The maximum Gasteiger partial charge on any atom is 0.323 e. The summed E-state index contributed by atoms with van der Waals surface area (Å²) in [5.74, 6) is -0.192. The fraction of sp³-hybridized carbons (Fsp3) is 0.714. The van der Waals surface area contributed by atoms with E-state index in [2.05, 4.69) is 24.3 Å². The Hall–Kier alpha value is -1.36. The van der Waals surface area contributed by atoms with Crippen LogP contribution in [0.5, 0.6) is 0 Å². The molecule has 1 heterocycles. The van der Waals surface area contributed by atoms with E-state index in [-0.39, 0.29) is 12.0 Å². The smallest absolute Gasteiger partial charge is 0.323 e. The van der Waals surface area contributed by atoms with Gasteiger partial charge in [-0.15, -0.1) is 0 Å². The lowest BCUT2D eigenvalue weighted by Gasteiger charge is -2.15. The van der Waals surface area contributed by atoms with Gasteiger partial charge in [-0.2, -0.15) is 5.10 Å². The van der Waals surface area contributed by atoms with E-state index in [1.54, 1.807) is 7.05 Å². The quantitative estimate of drug-likeness (QED) is 0.762. The number of rotatable bonds is 7. The zero-order valence-electron chi connectivity index (χ0n) is 12.6. The van der Waals surface area contributed by atoms with Gasteiger partial charge in [-0.1, -0.05) is 6.92 Å². The van der Waals surface area contributed by atoms with E-state index in [4.69, 9.17) is 4.74 Å². The van der Waals surface area contributed by atoms with Crippen molar-refractivity contribution in [2.24, 2.45) is 0 Å². The van der Waals surface area contributed by atoms with Crippen molar-refractivity contribution in [3.63, 3.8) is 0 Å². The zero-order valence-corrected chi connectivity index (χ0v) is 12.6. The van der Waals surface area contributed by atoms with Crippen LogP contribution in [0.15, 0.2) is 0 Å². The van der Waals surface area contributed by atoms with Gasteiger partial charge in [0, 0.05) is 12.2 Å². The highest BCUT2D eigenvalue weighted by Gasteiger charge is 2.18. The second kappa shape index (κ2) is 7.28. The minimum absolute atomic E-state index is 0.192. The summed E-state index contributed by atoms with van der Waals surface area (Å²) in [6.07, 6.45) is 1.67. The van der Waals surface area contributed by atoms with Crippen LogP contribution in [-0.4, -0.2) is 35.4 Å². The standard InChI is InChI=1S/C14H25N3O2/c1-6-12-10(3)16-17(11(12)4)9-8-13(15-5)14(18)19-7-2/h13,15H,6-9H2,1-5H3. The van der Waals surface area contributed by atoms with Crippen LogP contribution in [-0.2, 0) is 22.5 Å². The number of carbonyl (C=O) groups excluding carboxylic acids is 1. The van der Waals surface area contributed by atoms with Crippen molar-refractivity contribution in [2.45, 2.75) is 53.1 Å². The van der Waals surface area contributed by atoms with Crippen LogP contribution in [0.1, 0.15) is 37.2 Å². The topological polar surface area (TPSA) is 56.2 Å². The molecule has 1 aromatic heterocycles. The molecule has 1 atom stereocenters. The van der Waals surface area contributed by atoms with Gasteiger partial charge in [-0.3, -0.25) is 9.48 Å². The van der Waals surface area contributed by atoms with Gasteiger partial charge in [-0.25, -0.2) is 0 Å². The number of hydrogen-bond donors (Lipinski definition) is 1. The molecule has 1 N–H and O–H groups in total. The zero-order chi connectivity index (χ0) is 14.4. The lowest BCUT2D eigenvalue weighted by Crippen LogP contribution is -2.36.